The SMILES string of the molecule is COc1cc(C(=O)NCC(C)(C)CCCl)ccc1F. The first-order chi connectivity index (χ1) is 8.89. The number of carbonyl (C=O) groups is 1. The summed E-state index contributed by atoms with van der Waals surface area (Å²) in [6.07, 6.45) is 0.807. The summed E-state index contributed by atoms with van der Waals surface area (Å²) in [7, 11) is 1.36. The van der Waals surface area contributed by atoms with Crippen LogP contribution in [-0.2, 0) is 0 Å². The number of hydrogen-bond acceptors (Lipinski definition) is 2. The van der Waals surface area contributed by atoms with Crippen LogP contribution in [0.2, 0.25) is 0 Å². The fourth-order valence-corrected chi connectivity index (χ4v) is 2.08. The zero-order valence-electron chi connectivity index (χ0n) is 11.4. The summed E-state index contributed by atoms with van der Waals surface area (Å²) in [5, 5.41) is 2.82. The monoisotopic (exact) mass is 287 g/mol. The maximum atomic E-state index is 13.2. The lowest BCUT2D eigenvalue weighted by atomic mass is 9.90. The molecular weight excluding hydrogens is 269 g/mol. The number of halogens is 2. The van der Waals surface area contributed by atoms with E-state index in [1.54, 1.807) is 0 Å². The number of benzene rings is 1. The predicted molar refractivity (Wildman–Crippen MR) is 74.4 cm³/mol. The maximum absolute atomic E-state index is 13.2. The standard InChI is InChI=1S/C14H19ClFNO2/c1-14(2,6-7-15)9-17-13(18)10-4-5-11(16)12(8-10)19-3/h4-5,8H,6-7,9H2,1-3H3,(H,17,18). The molecular formula is C14H19ClFNO2. The Morgan fingerprint density at radius 2 is 2.16 bits per heavy atom. The highest BCUT2D eigenvalue weighted by Gasteiger charge is 2.19. The summed E-state index contributed by atoms with van der Waals surface area (Å²) in [6.45, 7) is 4.57. The zero-order valence-corrected chi connectivity index (χ0v) is 12.2. The minimum atomic E-state index is -0.485. The first-order valence-electron chi connectivity index (χ1n) is 6.07. The smallest absolute Gasteiger partial charge is 0.251 e. The van der Waals surface area contributed by atoms with Crippen molar-refractivity contribution in [2.24, 2.45) is 5.41 Å². The average molecular weight is 288 g/mol. The molecule has 0 saturated heterocycles. The Kier molecular flexibility index (Phi) is 5.60. The van der Waals surface area contributed by atoms with E-state index in [-0.39, 0.29) is 17.1 Å². The van der Waals surface area contributed by atoms with Crippen molar-refractivity contribution >= 4 is 17.5 Å². The number of amides is 1. The van der Waals surface area contributed by atoms with Gasteiger partial charge < -0.3 is 10.1 Å². The highest BCUT2D eigenvalue weighted by Crippen LogP contribution is 2.21. The molecule has 0 spiro atoms. The lowest BCUT2D eigenvalue weighted by molar-refractivity contribution is 0.0935. The van der Waals surface area contributed by atoms with Crippen molar-refractivity contribution in [3.8, 4) is 5.75 Å². The van der Waals surface area contributed by atoms with Crippen molar-refractivity contribution in [1.82, 2.24) is 5.32 Å². The normalized spacial score (nSPS) is 11.2. The molecule has 0 atom stereocenters. The van der Waals surface area contributed by atoms with Gasteiger partial charge in [-0.05, 0) is 30.0 Å². The second kappa shape index (κ2) is 6.75. The number of rotatable bonds is 6. The first-order valence-corrected chi connectivity index (χ1v) is 6.61. The van der Waals surface area contributed by atoms with Crippen LogP contribution < -0.4 is 10.1 Å². The third-order valence-corrected chi connectivity index (χ3v) is 3.10. The first kappa shape index (κ1) is 15.8. The van der Waals surface area contributed by atoms with Crippen molar-refractivity contribution in [1.29, 1.82) is 0 Å². The molecule has 0 unspecified atom stereocenters. The molecule has 0 aliphatic heterocycles. The quantitative estimate of drug-likeness (QED) is 0.816. The fourth-order valence-electron chi connectivity index (χ4n) is 1.57. The minimum absolute atomic E-state index is 0.0627. The molecule has 1 aromatic carbocycles. The van der Waals surface area contributed by atoms with Crippen molar-refractivity contribution < 1.29 is 13.9 Å². The molecule has 0 saturated carbocycles. The van der Waals surface area contributed by atoms with Crippen LogP contribution in [-0.4, -0.2) is 25.4 Å². The molecule has 1 amide bonds. The van der Waals surface area contributed by atoms with E-state index in [9.17, 15) is 9.18 Å². The van der Waals surface area contributed by atoms with E-state index in [1.165, 1.54) is 25.3 Å². The molecule has 19 heavy (non-hydrogen) atoms. The summed E-state index contributed by atoms with van der Waals surface area (Å²) in [4.78, 5) is 12.0. The van der Waals surface area contributed by atoms with E-state index in [0.29, 0.717) is 18.0 Å². The van der Waals surface area contributed by atoms with E-state index in [1.807, 2.05) is 13.8 Å². The molecule has 0 radical (unpaired) electrons. The Morgan fingerprint density at radius 3 is 2.74 bits per heavy atom. The summed E-state index contributed by atoms with van der Waals surface area (Å²) >= 11 is 5.70. The van der Waals surface area contributed by atoms with E-state index in [2.05, 4.69) is 5.32 Å². The molecule has 0 aromatic heterocycles. The number of nitrogens with one attached hydrogen (secondary N) is 1. The van der Waals surface area contributed by atoms with Gasteiger partial charge in [0.1, 0.15) is 0 Å². The topological polar surface area (TPSA) is 38.3 Å². The molecule has 5 heteroatoms. The molecule has 1 rings (SSSR count). The van der Waals surface area contributed by atoms with Gasteiger partial charge >= 0.3 is 0 Å². The Labute approximate surface area is 118 Å². The van der Waals surface area contributed by atoms with E-state index in [4.69, 9.17) is 16.3 Å². The Balaban J connectivity index is 2.68. The van der Waals surface area contributed by atoms with Crippen LogP contribution in [0.25, 0.3) is 0 Å². The van der Waals surface area contributed by atoms with E-state index < -0.39 is 5.82 Å². The molecule has 0 heterocycles. The molecule has 3 nitrogen and oxygen atoms in total. The van der Waals surface area contributed by atoms with Crippen molar-refractivity contribution in [3.05, 3.63) is 29.6 Å². The van der Waals surface area contributed by atoms with Gasteiger partial charge in [0, 0.05) is 18.0 Å². The van der Waals surface area contributed by atoms with Crippen LogP contribution >= 0.6 is 11.6 Å². The molecule has 1 aromatic rings. The van der Waals surface area contributed by atoms with Crippen molar-refractivity contribution in [2.75, 3.05) is 19.5 Å². The Hall–Kier alpha value is -1.29. The Bertz CT molecular complexity index is 449. The lowest BCUT2D eigenvalue weighted by Crippen LogP contribution is -2.34. The van der Waals surface area contributed by atoms with Crippen LogP contribution in [0.1, 0.15) is 30.6 Å². The molecule has 0 bridgehead atoms. The van der Waals surface area contributed by atoms with E-state index in [0.717, 1.165) is 6.42 Å². The van der Waals surface area contributed by atoms with Gasteiger partial charge in [-0.3, -0.25) is 4.79 Å². The highest BCUT2D eigenvalue weighted by atomic mass is 35.5. The summed E-state index contributed by atoms with van der Waals surface area (Å²) in [6, 6.07) is 4.04. The predicted octanol–water partition coefficient (Wildman–Crippen LogP) is 3.22. The minimum Gasteiger partial charge on any atom is -0.494 e. The number of ether oxygens (including phenoxy) is 1. The second-order valence-corrected chi connectivity index (χ2v) is 5.51. The van der Waals surface area contributed by atoms with Crippen LogP contribution in [0.5, 0.6) is 5.75 Å². The second-order valence-electron chi connectivity index (χ2n) is 5.14. The summed E-state index contributed by atoms with van der Waals surface area (Å²) < 4.78 is 18.1. The number of methoxy groups -OCH3 is 1. The Morgan fingerprint density at radius 1 is 1.47 bits per heavy atom. The largest absolute Gasteiger partial charge is 0.494 e. The van der Waals surface area contributed by atoms with Crippen LogP contribution in [0.15, 0.2) is 18.2 Å². The van der Waals surface area contributed by atoms with Gasteiger partial charge in [0.25, 0.3) is 5.91 Å². The summed E-state index contributed by atoms with van der Waals surface area (Å²) in [5.41, 5.74) is 0.307. The maximum Gasteiger partial charge on any atom is 0.251 e. The third-order valence-electron chi connectivity index (χ3n) is 2.91. The molecule has 1 N–H and O–H groups in total. The van der Waals surface area contributed by atoms with Crippen LogP contribution in [0.3, 0.4) is 0 Å². The third kappa shape index (κ3) is 4.71. The molecule has 0 fully saturated rings. The van der Waals surface area contributed by atoms with Crippen molar-refractivity contribution in [2.45, 2.75) is 20.3 Å². The molecule has 0 aliphatic rings. The fraction of sp³-hybridized carbons (Fsp3) is 0.500. The number of alkyl halides is 1. The van der Waals surface area contributed by atoms with E-state index >= 15 is 0 Å². The molecule has 106 valence electrons. The highest BCUT2D eigenvalue weighted by molar-refractivity contribution is 6.17. The van der Waals surface area contributed by atoms with Crippen molar-refractivity contribution in [3.63, 3.8) is 0 Å². The van der Waals surface area contributed by atoms with Gasteiger partial charge in [0.05, 0.1) is 7.11 Å². The van der Waals surface area contributed by atoms with Gasteiger partial charge in [-0.15, -0.1) is 11.6 Å². The van der Waals surface area contributed by atoms with Gasteiger partial charge in [-0.25, -0.2) is 4.39 Å². The van der Waals surface area contributed by atoms with Gasteiger partial charge in [-0.2, -0.15) is 0 Å². The average Bonchev–Trinajstić information content (AvgIpc) is 2.36. The van der Waals surface area contributed by atoms with Gasteiger partial charge in [0.2, 0.25) is 0 Å². The number of hydrogen-bond donors (Lipinski definition) is 1. The zero-order chi connectivity index (χ0) is 14.5. The van der Waals surface area contributed by atoms with Crippen LogP contribution in [0.4, 0.5) is 4.39 Å². The number of carbonyl (C=O) groups excluding carboxylic acids is 1. The van der Waals surface area contributed by atoms with Crippen LogP contribution in [0, 0.1) is 11.2 Å². The molecule has 0 aliphatic carbocycles. The van der Waals surface area contributed by atoms with Gasteiger partial charge in [-0.1, -0.05) is 13.8 Å². The lowest BCUT2D eigenvalue weighted by Gasteiger charge is -2.23. The van der Waals surface area contributed by atoms with Gasteiger partial charge in [0.15, 0.2) is 11.6 Å². The summed E-state index contributed by atoms with van der Waals surface area (Å²) in [5.74, 6) is -0.122.